The fourth-order valence-electron chi connectivity index (χ4n) is 2.39. The molecule has 3 N–H and O–H groups in total. The molecule has 2 rings (SSSR count). The molecule has 1 fully saturated rings. The van der Waals surface area contributed by atoms with Crippen LogP contribution in [0.1, 0.15) is 33.1 Å². The Kier molecular flexibility index (Phi) is 6.30. The number of carbonyl (C=O) groups is 1. The van der Waals surface area contributed by atoms with Crippen LogP contribution in [0.3, 0.4) is 0 Å². The van der Waals surface area contributed by atoms with Crippen molar-refractivity contribution < 1.29 is 9.53 Å². The van der Waals surface area contributed by atoms with E-state index in [4.69, 9.17) is 10.5 Å². The average Bonchev–Trinajstić information content (AvgIpc) is 2.78. The molecule has 0 aromatic heterocycles. The molecule has 1 amide bonds. The third-order valence-electron chi connectivity index (χ3n) is 3.34. The van der Waals surface area contributed by atoms with Gasteiger partial charge in [0.2, 0.25) is 5.91 Å². The minimum Gasteiger partial charge on any atom is -0.491 e. The molecule has 0 saturated heterocycles. The second kappa shape index (κ2) is 7.50. The fraction of sp³-hybridized carbons (Fsp3) is 0.533. The van der Waals surface area contributed by atoms with E-state index < -0.39 is 0 Å². The SMILES string of the molecule is CC(C)Oc1ccc(NC(=O)C2CCC(N)C2)cc1.Cl. The number of nitrogens with one attached hydrogen (secondary N) is 1. The summed E-state index contributed by atoms with van der Waals surface area (Å²) in [4.78, 5) is 12.0. The maximum absolute atomic E-state index is 12.0. The van der Waals surface area contributed by atoms with Crippen LogP contribution in [0.4, 0.5) is 5.69 Å². The van der Waals surface area contributed by atoms with Crippen LogP contribution in [0, 0.1) is 5.92 Å². The highest BCUT2D eigenvalue weighted by Crippen LogP contribution is 2.26. The second-order valence-corrected chi connectivity index (χ2v) is 5.45. The van der Waals surface area contributed by atoms with Crippen molar-refractivity contribution in [3.05, 3.63) is 24.3 Å². The number of ether oxygens (including phenoxy) is 1. The third kappa shape index (κ3) is 4.69. The van der Waals surface area contributed by atoms with Crippen LogP contribution in [0.5, 0.6) is 5.75 Å². The minimum absolute atomic E-state index is 0. The molecule has 0 spiro atoms. The first-order chi connectivity index (χ1) is 9.04. The molecule has 2 unspecified atom stereocenters. The van der Waals surface area contributed by atoms with Crippen molar-refractivity contribution in [2.24, 2.45) is 11.7 Å². The van der Waals surface area contributed by atoms with Gasteiger partial charge in [-0.05, 0) is 57.4 Å². The number of amides is 1. The molecule has 0 heterocycles. The standard InChI is InChI=1S/C15H22N2O2.ClH/c1-10(2)19-14-7-5-13(6-8-14)17-15(18)11-3-4-12(16)9-11;/h5-8,10-12H,3-4,9,16H2,1-2H3,(H,17,18);1H. The van der Waals surface area contributed by atoms with Crippen LogP contribution >= 0.6 is 12.4 Å². The molecule has 1 aromatic rings. The number of hydrogen-bond acceptors (Lipinski definition) is 3. The topological polar surface area (TPSA) is 64.3 Å². The van der Waals surface area contributed by atoms with Crippen molar-refractivity contribution in [1.82, 2.24) is 0 Å². The Morgan fingerprint density at radius 3 is 2.45 bits per heavy atom. The molecule has 4 nitrogen and oxygen atoms in total. The van der Waals surface area contributed by atoms with Crippen molar-refractivity contribution in [2.45, 2.75) is 45.3 Å². The van der Waals surface area contributed by atoms with Crippen molar-refractivity contribution >= 4 is 24.0 Å². The lowest BCUT2D eigenvalue weighted by molar-refractivity contribution is -0.119. The Labute approximate surface area is 126 Å². The summed E-state index contributed by atoms with van der Waals surface area (Å²) in [6.45, 7) is 3.97. The van der Waals surface area contributed by atoms with Gasteiger partial charge in [-0.3, -0.25) is 4.79 Å². The summed E-state index contributed by atoms with van der Waals surface area (Å²) >= 11 is 0. The Balaban J connectivity index is 0.00000200. The normalized spacial score (nSPS) is 21.4. The van der Waals surface area contributed by atoms with Crippen LogP contribution in [-0.4, -0.2) is 18.1 Å². The predicted octanol–water partition coefficient (Wildman–Crippen LogP) is 2.96. The van der Waals surface area contributed by atoms with Crippen LogP contribution < -0.4 is 15.8 Å². The average molecular weight is 299 g/mol. The summed E-state index contributed by atoms with van der Waals surface area (Å²) in [6, 6.07) is 7.65. The number of benzene rings is 1. The van der Waals surface area contributed by atoms with E-state index in [9.17, 15) is 4.79 Å². The smallest absolute Gasteiger partial charge is 0.227 e. The summed E-state index contributed by atoms with van der Waals surface area (Å²) in [5.41, 5.74) is 6.63. The predicted molar refractivity (Wildman–Crippen MR) is 83.4 cm³/mol. The molecule has 20 heavy (non-hydrogen) atoms. The van der Waals surface area contributed by atoms with Gasteiger partial charge in [0.25, 0.3) is 0 Å². The zero-order valence-electron chi connectivity index (χ0n) is 12.0. The fourth-order valence-corrected chi connectivity index (χ4v) is 2.39. The van der Waals surface area contributed by atoms with Crippen molar-refractivity contribution in [3.63, 3.8) is 0 Å². The first-order valence-corrected chi connectivity index (χ1v) is 6.88. The molecule has 5 heteroatoms. The molecular formula is C15H23ClN2O2. The van der Waals surface area contributed by atoms with Crippen molar-refractivity contribution in [2.75, 3.05) is 5.32 Å². The molecule has 0 bridgehead atoms. The largest absolute Gasteiger partial charge is 0.491 e. The molecule has 0 radical (unpaired) electrons. The third-order valence-corrected chi connectivity index (χ3v) is 3.34. The number of halogens is 1. The second-order valence-electron chi connectivity index (χ2n) is 5.45. The molecule has 0 aliphatic heterocycles. The van der Waals surface area contributed by atoms with Crippen LogP contribution in [-0.2, 0) is 4.79 Å². The molecule has 2 atom stereocenters. The molecule has 1 aliphatic carbocycles. The Hall–Kier alpha value is -1.26. The number of nitrogens with two attached hydrogens (primary N) is 1. The van der Waals surface area contributed by atoms with E-state index in [1.165, 1.54) is 0 Å². The van der Waals surface area contributed by atoms with Gasteiger partial charge in [-0.15, -0.1) is 12.4 Å². The molecule has 112 valence electrons. The van der Waals surface area contributed by atoms with Gasteiger partial charge in [-0.1, -0.05) is 0 Å². The van der Waals surface area contributed by atoms with E-state index in [-0.39, 0.29) is 36.4 Å². The lowest BCUT2D eigenvalue weighted by Gasteiger charge is -2.12. The molecule has 1 saturated carbocycles. The van der Waals surface area contributed by atoms with Gasteiger partial charge in [-0.2, -0.15) is 0 Å². The highest BCUT2D eigenvalue weighted by atomic mass is 35.5. The molecule has 1 aromatic carbocycles. The van der Waals surface area contributed by atoms with Gasteiger partial charge in [0.1, 0.15) is 5.75 Å². The Morgan fingerprint density at radius 1 is 1.30 bits per heavy atom. The molecule has 1 aliphatic rings. The van der Waals surface area contributed by atoms with Crippen LogP contribution in [0.25, 0.3) is 0 Å². The van der Waals surface area contributed by atoms with E-state index in [2.05, 4.69) is 5.32 Å². The van der Waals surface area contributed by atoms with Gasteiger partial charge < -0.3 is 15.8 Å². The highest BCUT2D eigenvalue weighted by molar-refractivity contribution is 5.92. The van der Waals surface area contributed by atoms with Gasteiger partial charge in [-0.25, -0.2) is 0 Å². The molecular weight excluding hydrogens is 276 g/mol. The highest BCUT2D eigenvalue weighted by Gasteiger charge is 2.27. The number of hydrogen-bond donors (Lipinski definition) is 2. The van der Waals surface area contributed by atoms with Crippen LogP contribution in [0.2, 0.25) is 0 Å². The first kappa shape index (κ1) is 16.8. The maximum atomic E-state index is 12.0. The van der Waals surface area contributed by atoms with E-state index >= 15 is 0 Å². The van der Waals surface area contributed by atoms with E-state index in [0.717, 1.165) is 30.7 Å². The summed E-state index contributed by atoms with van der Waals surface area (Å²) in [7, 11) is 0. The summed E-state index contributed by atoms with van der Waals surface area (Å²) in [5, 5.41) is 2.93. The minimum atomic E-state index is 0. The van der Waals surface area contributed by atoms with Gasteiger partial charge in [0.05, 0.1) is 6.10 Å². The van der Waals surface area contributed by atoms with Gasteiger partial charge >= 0.3 is 0 Å². The van der Waals surface area contributed by atoms with Crippen molar-refractivity contribution in [3.8, 4) is 5.75 Å². The lowest BCUT2D eigenvalue weighted by atomic mass is 10.1. The van der Waals surface area contributed by atoms with E-state index in [1.54, 1.807) is 0 Å². The maximum Gasteiger partial charge on any atom is 0.227 e. The summed E-state index contributed by atoms with van der Waals surface area (Å²) < 4.78 is 5.56. The Morgan fingerprint density at radius 2 is 1.95 bits per heavy atom. The quantitative estimate of drug-likeness (QED) is 0.898. The number of rotatable bonds is 4. The van der Waals surface area contributed by atoms with Gasteiger partial charge in [0.15, 0.2) is 0 Å². The van der Waals surface area contributed by atoms with Gasteiger partial charge in [0, 0.05) is 17.6 Å². The first-order valence-electron chi connectivity index (χ1n) is 6.88. The summed E-state index contributed by atoms with van der Waals surface area (Å²) in [6.07, 6.45) is 2.78. The monoisotopic (exact) mass is 298 g/mol. The summed E-state index contributed by atoms with van der Waals surface area (Å²) in [5.74, 6) is 0.947. The number of carbonyl (C=O) groups excluding carboxylic acids is 1. The van der Waals surface area contributed by atoms with E-state index in [0.29, 0.717) is 0 Å². The Bertz CT molecular complexity index is 434. The zero-order valence-corrected chi connectivity index (χ0v) is 12.8. The number of anilines is 1. The lowest BCUT2D eigenvalue weighted by Crippen LogP contribution is -2.23. The van der Waals surface area contributed by atoms with Crippen LogP contribution in [0.15, 0.2) is 24.3 Å². The zero-order chi connectivity index (χ0) is 13.8. The van der Waals surface area contributed by atoms with E-state index in [1.807, 2.05) is 38.1 Å². The van der Waals surface area contributed by atoms with Crippen molar-refractivity contribution in [1.29, 1.82) is 0 Å².